The van der Waals surface area contributed by atoms with Crippen molar-refractivity contribution in [2.45, 2.75) is 56.1 Å². The van der Waals surface area contributed by atoms with Gasteiger partial charge < -0.3 is 29.2 Å². The highest BCUT2D eigenvalue weighted by Gasteiger charge is 2.39. The topological polar surface area (TPSA) is 122 Å². The molecule has 3 atom stereocenters. The third kappa shape index (κ3) is 3.64. The molecule has 2 aromatic heterocycles. The van der Waals surface area contributed by atoms with Crippen molar-refractivity contribution in [2.24, 2.45) is 0 Å². The lowest BCUT2D eigenvalue weighted by Crippen LogP contribution is -2.44. The maximum absolute atomic E-state index is 15.0. The molecular formula is C27H26FN3O6S. The van der Waals surface area contributed by atoms with Crippen molar-refractivity contribution in [3.8, 4) is 11.4 Å². The molecular weight excluding hydrogens is 513 g/mol. The number of carbonyl (C=O) groups is 2. The lowest BCUT2D eigenvalue weighted by molar-refractivity contribution is -0.139. The first-order valence-corrected chi connectivity index (χ1v) is 13.4. The highest BCUT2D eigenvalue weighted by Crippen LogP contribution is 2.49. The van der Waals surface area contributed by atoms with E-state index in [0.717, 1.165) is 21.4 Å². The van der Waals surface area contributed by atoms with Crippen molar-refractivity contribution in [1.29, 1.82) is 0 Å². The standard InChI is InChI=1S/C27H26FN3O6S/c1-12-17(28)7-18-24-23(20(11-38-26(12)24)30-4-3-13(33)5-22(30)35)15-8-31-19(25(15)29-18)6-14(21(34)9-32)16(10-37-2)27(31)36/h6-7,9,13,20-21,33-34H,3-5,8,10-11H2,1-2H3. The van der Waals surface area contributed by atoms with Crippen LogP contribution in [0.15, 0.2) is 21.8 Å². The summed E-state index contributed by atoms with van der Waals surface area (Å²) in [5.41, 5.74) is 3.31. The van der Waals surface area contributed by atoms with Gasteiger partial charge in [0.15, 0.2) is 6.29 Å². The molecule has 3 aliphatic heterocycles. The van der Waals surface area contributed by atoms with E-state index >= 15 is 0 Å². The van der Waals surface area contributed by atoms with Crippen LogP contribution < -0.4 is 5.56 Å². The number of ether oxygens (including phenoxy) is 1. The number of methoxy groups -OCH3 is 1. The van der Waals surface area contributed by atoms with E-state index in [-0.39, 0.29) is 42.6 Å². The molecule has 6 rings (SSSR count). The number of fused-ring (bicyclic) bond motifs is 4. The smallest absolute Gasteiger partial charge is 0.257 e. The molecule has 2 N–H and O–H groups in total. The van der Waals surface area contributed by atoms with Crippen LogP contribution in [0, 0.1) is 12.7 Å². The van der Waals surface area contributed by atoms with Crippen molar-refractivity contribution >= 4 is 34.9 Å². The second-order valence-corrected chi connectivity index (χ2v) is 11.0. The number of aldehydes is 1. The molecule has 0 spiro atoms. The number of thioether (sulfide) groups is 1. The van der Waals surface area contributed by atoms with E-state index in [4.69, 9.17) is 9.72 Å². The van der Waals surface area contributed by atoms with Crippen molar-refractivity contribution in [2.75, 3.05) is 19.4 Å². The predicted octanol–water partition coefficient (Wildman–Crippen LogP) is 2.38. The summed E-state index contributed by atoms with van der Waals surface area (Å²) in [5, 5.41) is 21.2. The third-order valence-electron chi connectivity index (χ3n) is 7.82. The molecule has 5 heterocycles. The van der Waals surface area contributed by atoms with Crippen LogP contribution in [-0.4, -0.2) is 62.4 Å². The van der Waals surface area contributed by atoms with E-state index in [2.05, 4.69) is 0 Å². The van der Waals surface area contributed by atoms with Crippen molar-refractivity contribution in [1.82, 2.24) is 14.5 Å². The van der Waals surface area contributed by atoms with Gasteiger partial charge in [-0.1, -0.05) is 0 Å². The second kappa shape index (κ2) is 9.26. The van der Waals surface area contributed by atoms with Gasteiger partial charge in [0.2, 0.25) is 5.91 Å². The number of pyridine rings is 2. The Kier molecular flexibility index (Phi) is 6.14. The molecule has 198 valence electrons. The molecule has 1 saturated heterocycles. The van der Waals surface area contributed by atoms with Crippen LogP contribution in [0.4, 0.5) is 4.39 Å². The van der Waals surface area contributed by atoms with E-state index < -0.39 is 23.6 Å². The lowest BCUT2D eigenvalue weighted by atomic mass is 9.91. The van der Waals surface area contributed by atoms with E-state index in [1.807, 2.05) is 0 Å². The molecule has 1 fully saturated rings. The minimum absolute atomic E-state index is 0.0416. The number of hydrogen-bond donors (Lipinski definition) is 2. The number of benzene rings is 1. The molecule has 11 heteroatoms. The fourth-order valence-electron chi connectivity index (χ4n) is 5.95. The van der Waals surface area contributed by atoms with Crippen LogP contribution in [0.25, 0.3) is 22.3 Å². The summed E-state index contributed by atoms with van der Waals surface area (Å²) in [5.74, 6) is -0.0429. The Bertz CT molecular complexity index is 1590. The van der Waals surface area contributed by atoms with Gasteiger partial charge in [0.05, 0.1) is 48.6 Å². The monoisotopic (exact) mass is 539 g/mol. The van der Waals surface area contributed by atoms with E-state index in [1.54, 1.807) is 17.9 Å². The number of hydrogen-bond acceptors (Lipinski definition) is 8. The molecule has 3 aliphatic rings. The first-order valence-electron chi connectivity index (χ1n) is 12.4. The molecule has 1 amide bonds. The number of carbonyl (C=O) groups excluding carboxylic acids is 2. The summed E-state index contributed by atoms with van der Waals surface area (Å²) in [6.45, 7) is 2.20. The largest absolute Gasteiger partial charge is 0.393 e. The quantitative estimate of drug-likeness (QED) is 0.371. The average Bonchev–Trinajstić information content (AvgIpc) is 3.27. The van der Waals surface area contributed by atoms with Crippen LogP contribution in [0.1, 0.15) is 52.8 Å². The van der Waals surface area contributed by atoms with Crippen LogP contribution in [0.2, 0.25) is 0 Å². The second-order valence-electron chi connectivity index (χ2n) is 9.99. The predicted molar refractivity (Wildman–Crippen MR) is 137 cm³/mol. The maximum atomic E-state index is 15.0. The number of likely N-dealkylation sites (tertiary alicyclic amines) is 1. The molecule has 0 saturated carbocycles. The Morgan fingerprint density at radius 3 is 2.84 bits per heavy atom. The molecule has 3 aromatic rings. The first-order chi connectivity index (χ1) is 18.2. The minimum atomic E-state index is -1.52. The summed E-state index contributed by atoms with van der Waals surface area (Å²) in [7, 11) is 1.43. The van der Waals surface area contributed by atoms with Crippen LogP contribution in [0.3, 0.4) is 0 Å². The summed E-state index contributed by atoms with van der Waals surface area (Å²) in [6.07, 6.45) is -1.33. The zero-order chi connectivity index (χ0) is 26.9. The first kappa shape index (κ1) is 25.2. The van der Waals surface area contributed by atoms with Crippen molar-refractivity contribution in [3.63, 3.8) is 0 Å². The third-order valence-corrected chi connectivity index (χ3v) is 9.10. The number of aromatic nitrogens is 2. The number of aliphatic hydroxyl groups excluding tert-OH is 2. The van der Waals surface area contributed by atoms with Crippen LogP contribution in [0.5, 0.6) is 0 Å². The normalized spacial score (nSPS) is 21.0. The number of halogens is 1. The molecule has 1 aromatic carbocycles. The highest BCUT2D eigenvalue weighted by atomic mass is 32.2. The van der Waals surface area contributed by atoms with Crippen molar-refractivity contribution < 1.29 is 28.9 Å². The highest BCUT2D eigenvalue weighted by molar-refractivity contribution is 7.99. The van der Waals surface area contributed by atoms with E-state index in [0.29, 0.717) is 47.5 Å². The molecule has 38 heavy (non-hydrogen) atoms. The summed E-state index contributed by atoms with van der Waals surface area (Å²) in [6, 6.07) is 2.61. The number of amides is 1. The molecule has 3 unspecified atom stereocenters. The Labute approximate surface area is 221 Å². The molecule has 9 nitrogen and oxygen atoms in total. The van der Waals surface area contributed by atoms with Crippen molar-refractivity contribution in [3.05, 3.63) is 56.1 Å². The number of piperidine rings is 1. The molecule has 0 aliphatic carbocycles. The maximum Gasteiger partial charge on any atom is 0.257 e. The SMILES string of the molecule is COCc1c(C(O)C=O)cc2n(c1=O)Cc1c-2nc2cc(F)c(C)c3c2c1C(N1CCC(O)CC1=O)CS3. The molecule has 0 bridgehead atoms. The Morgan fingerprint density at radius 1 is 1.34 bits per heavy atom. The van der Waals surface area contributed by atoms with Crippen LogP contribution in [-0.2, 0) is 27.5 Å². The van der Waals surface area contributed by atoms with Gasteiger partial charge in [0.1, 0.15) is 11.9 Å². The lowest BCUT2D eigenvalue weighted by Gasteiger charge is -2.39. The van der Waals surface area contributed by atoms with Gasteiger partial charge in [-0.3, -0.25) is 9.59 Å². The summed E-state index contributed by atoms with van der Waals surface area (Å²) < 4.78 is 21.7. The fourth-order valence-corrected chi connectivity index (χ4v) is 7.29. The van der Waals surface area contributed by atoms with Gasteiger partial charge in [0.25, 0.3) is 5.56 Å². The summed E-state index contributed by atoms with van der Waals surface area (Å²) >= 11 is 1.48. The number of nitrogens with zero attached hydrogens (tertiary/aromatic N) is 3. The number of rotatable bonds is 5. The Balaban J connectivity index is 1.64. The summed E-state index contributed by atoms with van der Waals surface area (Å²) in [4.78, 5) is 45.4. The average molecular weight is 540 g/mol. The van der Waals surface area contributed by atoms with Gasteiger partial charge in [-0.05, 0) is 30.5 Å². The zero-order valence-corrected chi connectivity index (χ0v) is 21.7. The number of aliphatic hydroxyl groups is 2. The van der Waals surface area contributed by atoms with Gasteiger partial charge in [0, 0.05) is 52.4 Å². The molecule has 0 radical (unpaired) electrons. The fraction of sp³-hybridized carbons (Fsp3) is 0.407. The Hall–Kier alpha value is -3.12. The zero-order valence-electron chi connectivity index (χ0n) is 20.9. The van der Waals surface area contributed by atoms with Crippen LogP contribution >= 0.6 is 11.8 Å². The van der Waals surface area contributed by atoms with Gasteiger partial charge in [-0.2, -0.15) is 0 Å². The van der Waals surface area contributed by atoms with Gasteiger partial charge >= 0.3 is 0 Å². The van der Waals surface area contributed by atoms with Gasteiger partial charge in [-0.25, -0.2) is 9.37 Å². The van der Waals surface area contributed by atoms with Gasteiger partial charge in [-0.15, -0.1) is 11.8 Å². The minimum Gasteiger partial charge on any atom is -0.393 e. The van der Waals surface area contributed by atoms with E-state index in [1.165, 1.54) is 29.5 Å². The van der Waals surface area contributed by atoms with E-state index in [9.17, 15) is 29.0 Å². The Morgan fingerprint density at radius 2 is 2.13 bits per heavy atom.